The van der Waals surface area contributed by atoms with Gasteiger partial charge in [-0.2, -0.15) is 5.26 Å². The van der Waals surface area contributed by atoms with Gasteiger partial charge >= 0.3 is 0 Å². The lowest BCUT2D eigenvalue weighted by Crippen LogP contribution is -2.34. The zero-order chi connectivity index (χ0) is 18.0. The molecule has 1 aliphatic rings. The van der Waals surface area contributed by atoms with Gasteiger partial charge in [-0.05, 0) is 31.9 Å². The molecule has 1 amide bonds. The maximum absolute atomic E-state index is 12.8. The summed E-state index contributed by atoms with van der Waals surface area (Å²) in [5.74, 6) is -0.0648. The number of amides is 1. The highest BCUT2D eigenvalue weighted by Gasteiger charge is 2.30. The second-order valence-corrected chi connectivity index (χ2v) is 7.55. The number of rotatable bonds is 6. The van der Waals surface area contributed by atoms with Crippen LogP contribution in [0, 0.1) is 11.3 Å². The second kappa shape index (κ2) is 7.28. The van der Waals surface area contributed by atoms with Crippen LogP contribution in [0.2, 0.25) is 0 Å². The predicted molar refractivity (Wildman–Crippen MR) is 97.5 cm³/mol. The Kier molecular flexibility index (Phi) is 5.09. The molecule has 0 radical (unpaired) electrons. The van der Waals surface area contributed by atoms with Gasteiger partial charge in [0.2, 0.25) is 5.91 Å². The first kappa shape index (κ1) is 17.5. The SMILES string of the molecule is C[C@H](Sc1nc2ccccc2c(=O)n1C1CC1)C(=O)N(C)CCC#N. The molecule has 3 rings (SSSR count). The van der Waals surface area contributed by atoms with Crippen LogP contribution in [0.15, 0.2) is 34.2 Å². The summed E-state index contributed by atoms with van der Waals surface area (Å²) in [6.07, 6.45) is 2.25. The van der Waals surface area contributed by atoms with Crippen molar-refractivity contribution in [1.82, 2.24) is 14.5 Å². The van der Waals surface area contributed by atoms with Crippen molar-refractivity contribution in [2.45, 2.75) is 42.6 Å². The van der Waals surface area contributed by atoms with E-state index in [2.05, 4.69) is 4.98 Å². The summed E-state index contributed by atoms with van der Waals surface area (Å²) in [4.78, 5) is 31.5. The summed E-state index contributed by atoms with van der Waals surface area (Å²) in [6.45, 7) is 2.22. The van der Waals surface area contributed by atoms with E-state index in [0.29, 0.717) is 29.0 Å². The summed E-state index contributed by atoms with van der Waals surface area (Å²) in [5.41, 5.74) is 0.623. The lowest BCUT2D eigenvalue weighted by molar-refractivity contribution is -0.128. The third-order valence-electron chi connectivity index (χ3n) is 4.25. The van der Waals surface area contributed by atoms with Gasteiger partial charge in [0, 0.05) is 19.6 Å². The topological polar surface area (TPSA) is 79.0 Å². The van der Waals surface area contributed by atoms with Crippen LogP contribution in [0.3, 0.4) is 0 Å². The smallest absolute Gasteiger partial charge is 0.262 e. The molecule has 0 aliphatic heterocycles. The molecular formula is C18H20N4O2S. The fourth-order valence-electron chi connectivity index (χ4n) is 2.71. The summed E-state index contributed by atoms with van der Waals surface area (Å²) in [6, 6.07) is 9.54. The summed E-state index contributed by atoms with van der Waals surface area (Å²) < 4.78 is 1.74. The zero-order valence-electron chi connectivity index (χ0n) is 14.3. The van der Waals surface area contributed by atoms with Crippen molar-refractivity contribution >= 4 is 28.6 Å². The van der Waals surface area contributed by atoms with Crippen molar-refractivity contribution in [3.63, 3.8) is 0 Å². The number of aromatic nitrogens is 2. The van der Waals surface area contributed by atoms with E-state index >= 15 is 0 Å². The molecule has 2 aromatic rings. The van der Waals surface area contributed by atoms with Crippen LogP contribution >= 0.6 is 11.8 Å². The van der Waals surface area contributed by atoms with Gasteiger partial charge in [0.05, 0.1) is 28.6 Å². The summed E-state index contributed by atoms with van der Waals surface area (Å²) in [7, 11) is 1.69. The number of fused-ring (bicyclic) bond motifs is 1. The highest BCUT2D eigenvalue weighted by atomic mass is 32.2. The zero-order valence-corrected chi connectivity index (χ0v) is 15.1. The lowest BCUT2D eigenvalue weighted by atomic mass is 10.2. The quantitative estimate of drug-likeness (QED) is 0.587. The first-order chi connectivity index (χ1) is 12.0. The number of nitriles is 1. The van der Waals surface area contributed by atoms with Gasteiger partial charge in [0.1, 0.15) is 0 Å². The Hall–Kier alpha value is -2.33. The number of benzene rings is 1. The normalized spacial score (nSPS) is 14.9. The van der Waals surface area contributed by atoms with Crippen LogP contribution in [0.4, 0.5) is 0 Å². The third-order valence-corrected chi connectivity index (χ3v) is 5.31. The summed E-state index contributed by atoms with van der Waals surface area (Å²) >= 11 is 1.32. The van der Waals surface area contributed by atoms with Gasteiger partial charge in [0.25, 0.3) is 5.56 Å². The maximum Gasteiger partial charge on any atom is 0.262 e. The van der Waals surface area contributed by atoms with E-state index in [1.54, 1.807) is 22.6 Å². The van der Waals surface area contributed by atoms with Crippen LogP contribution in [-0.4, -0.2) is 39.2 Å². The Morgan fingerprint density at radius 1 is 1.48 bits per heavy atom. The lowest BCUT2D eigenvalue weighted by Gasteiger charge is -2.21. The minimum Gasteiger partial charge on any atom is -0.344 e. The van der Waals surface area contributed by atoms with E-state index < -0.39 is 0 Å². The van der Waals surface area contributed by atoms with Crippen LogP contribution in [0.1, 0.15) is 32.2 Å². The van der Waals surface area contributed by atoms with E-state index in [4.69, 9.17) is 5.26 Å². The van der Waals surface area contributed by atoms with Gasteiger partial charge in [0.15, 0.2) is 5.16 Å². The van der Waals surface area contributed by atoms with Gasteiger partial charge in [-0.25, -0.2) is 4.98 Å². The highest BCUT2D eigenvalue weighted by Crippen LogP contribution is 2.37. The molecule has 0 unspecified atom stereocenters. The van der Waals surface area contributed by atoms with Crippen LogP contribution in [0.25, 0.3) is 10.9 Å². The van der Waals surface area contributed by atoms with Crippen molar-refractivity contribution in [3.8, 4) is 6.07 Å². The highest BCUT2D eigenvalue weighted by molar-refractivity contribution is 8.00. The first-order valence-electron chi connectivity index (χ1n) is 8.32. The number of nitrogens with zero attached hydrogens (tertiary/aromatic N) is 4. The predicted octanol–water partition coefficient (Wildman–Crippen LogP) is 2.58. The Morgan fingerprint density at radius 3 is 2.88 bits per heavy atom. The fourth-order valence-corrected chi connectivity index (χ4v) is 3.80. The number of thioether (sulfide) groups is 1. The van der Waals surface area contributed by atoms with Crippen molar-refractivity contribution in [2.75, 3.05) is 13.6 Å². The Labute approximate surface area is 150 Å². The monoisotopic (exact) mass is 356 g/mol. The first-order valence-corrected chi connectivity index (χ1v) is 9.20. The molecule has 1 saturated carbocycles. The largest absolute Gasteiger partial charge is 0.344 e. The van der Waals surface area contributed by atoms with Gasteiger partial charge in [-0.1, -0.05) is 23.9 Å². The maximum atomic E-state index is 12.8. The molecule has 7 heteroatoms. The Bertz CT molecular complexity index is 898. The molecule has 1 aromatic heterocycles. The van der Waals surface area contributed by atoms with Gasteiger partial charge < -0.3 is 4.90 Å². The average molecular weight is 356 g/mol. The van der Waals surface area contributed by atoms with Crippen molar-refractivity contribution in [3.05, 3.63) is 34.6 Å². The minimum absolute atomic E-state index is 0.0342. The van der Waals surface area contributed by atoms with Crippen molar-refractivity contribution in [1.29, 1.82) is 5.26 Å². The number of hydrogen-bond acceptors (Lipinski definition) is 5. The van der Waals surface area contributed by atoms with Crippen LogP contribution in [0.5, 0.6) is 0 Å². The fraction of sp³-hybridized carbons (Fsp3) is 0.444. The third kappa shape index (κ3) is 3.69. The average Bonchev–Trinajstić information content (AvgIpc) is 3.44. The molecular weight excluding hydrogens is 336 g/mol. The van der Waals surface area contributed by atoms with E-state index in [9.17, 15) is 9.59 Å². The van der Waals surface area contributed by atoms with Crippen molar-refractivity contribution < 1.29 is 4.79 Å². The molecule has 1 aromatic carbocycles. The number of carbonyl (C=O) groups excluding carboxylic acids is 1. The van der Waals surface area contributed by atoms with Gasteiger partial charge in [-0.15, -0.1) is 0 Å². The van der Waals surface area contributed by atoms with Gasteiger partial charge in [-0.3, -0.25) is 14.2 Å². The molecule has 130 valence electrons. The van der Waals surface area contributed by atoms with Crippen LogP contribution in [-0.2, 0) is 4.79 Å². The molecule has 0 spiro atoms. The van der Waals surface area contributed by atoms with Crippen molar-refractivity contribution in [2.24, 2.45) is 0 Å². The molecule has 1 atom stereocenters. The van der Waals surface area contributed by atoms with Crippen LogP contribution < -0.4 is 5.56 Å². The molecule has 6 nitrogen and oxygen atoms in total. The van der Waals surface area contributed by atoms with E-state index in [0.717, 1.165) is 12.8 Å². The molecule has 0 bridgehead atoms. The number of para-hydroxylation sites is 1. The van der Waals surface area contributed by atoms with E-state index in [1.165, 1.54) is 11.8 Å². The molecule has 0 saturated heterocycles. The minimum atomic E-state index is -0.373. The van der Waals surface area contributed by atoms with E-state index in [1.807, 2.05) is 31.2 Å². The standard InChI is InChI=1S/C18H20N4O2S/c1-12(16(23)21(2)11-5-10-19)25-18-20-15-7-4-3-6-14(15)17(24)22(18)13-8-9-13/h3-4,6-7,12-13H,5,8-9,11H2,1-2H3/t12-/m0/s1. The molecule has 0 N–H and O–H groups in total. The summed E-state index contributed by atoms with van der Waals surface area (Å²) in [5, 5.41) is 9.50. The Balaban J connectivity index is 1.90. The molecule has 25 heavy (non-hydrogen) atoms. The Morgan fingerprint density at radius 2 is 2.20 bits per heavy atom. The molecule has 1 fully saturated rings. The number of hydrogen-bond donors (Lipinski definition) is 0. The number of carbonyl (C=O) groups is 1. The molecule has 1 aliphatic carbocycles. The second-order valence-electron chi connectivity index (χ2n) is 6.25. The van der Waals surface area contributed by atoms with E-state index in [-0.39, 0.29) is 22.8 Å². The molecule has 1 heterocycles.